The molecule has 0 amide bonds. The average Bonchev–Trinajstić information content (AvgIpc) is 2.71. The monoisotopic (exact) mass is 224 g/mol. The molecule has 0 aliphatic carbocycles. The van der Waals surface area contributed by atoms with Gasteiger partial charge in [0.05, 0.1) is 11.8 Å². The van der Waals surface area contributed by atoms with Gasteiger partial charge in [0.25, 0.3) is 0 Å². The van der Waals surface area contributed by atoms with Crippen LogP contribution in [0, 0.1) is 18.6 Å². The van der Waals surface area contributed by atoms with Gasteiger partial charge in [-0.15, -0.1) is 0 Å². The number of benzene rings is 1. The molecule has 0 aliphatic rings. The number of halogens is 2. The first-order valence-corrected chi connectivity index (χ1v) is 4.73. The molecule has 2 aromatic rings. The van der Waals surface area contributed by atoms with E-state index in [4.69, 9.17) is 10.3 Å². The summed E-state index contributed by atoms with van der Waals surface area (Å²) in [6.07, 6.45) is 1.40. The van der Waals surface area contributed by atoms with E-state index in [0.717, 1.165) is 12.1 Å². The van der Waals surface area contributed by atoms with Crippen LogP contribution in [0.15, 0.2) is 22.9 Å². The summed E-state index contributed by atoms with van der Waals surface area (Å²) in [4.78, 5) is 0. The van der Waals surface area contributed by atoms with Crippen molar-refractivity contribution in [3.05, 3.63) is 41.1 Å². The van der Waals surface area contributed by atoms with Gasteiger partial charge in [-0.2, -0.15) is 0 Å². The molecular formula is C11H10F2N2O. The van der Waals surface area contributed by atoms with Crippen molar-refractivity contribution in [3.8, 4) is 11.3 Å². The Labute approximate surface area is 90.9 Å². The highest BCUT2D eigenvalue weighted by Gasteiger charge is 2.16. The van der Waals surface area contributed by atoms with Gasteiger partial charge in [-0.3, -0.25) is 0 Å². The minimum atomic E-state index is -0.551. The maximum absolute atomic E-state index is 13.6. The van der Waals surface area contributed by atoms with Crippen molar-refractivity contribution in [2.45, 2.75) is 13.5 Å². The van der Waals surface area contributed by atoms with E-state index < -0.39 is 11.6 Å². The molecule has 0 spiro atoms. The molecule has 16 heavy (non-hydrogen) atoms. The number of rotatable bonds is 2. The van der Waals surface area contributed by atoms with E-state index in [1.54, 1.807) is 0 Å². The maximum Gasteiger partial charge on any atom is 0.174 e. The molecule has 1 aromatic heterocycles. The number of hydrogen-bond acceptors (Lipinski definition) is 3. The Kier molecular flexibility index (Phi) is 2.70. The molecule has 0 aliphatic heterocycles. The third kappa shape index (κ3) is 1.69. The maximum atomic E-state index is 13.6. The first-order chi connectivity index (χ1) is 7.63. The van der Waals surface area contributed by atoms with Crippen LogP contribution in [-0.4, -0.2) is 5.16 Å². The second kappa shape index (κ2) is 4.02. The number of hydrogen-bond donors (Lipinski definition) is 1. The number of nitrogens with zero attached hydrogens (tertiary/aromatic N) is 1. The largest absolute Gasteiger partial charge is 0.356 e. The van der Waals surface area contributed by atoms with Gasteiger partial charge in [0.15, 0.2) is 5.76 Å². The number of aryl methyl sites for hydroxylation is 1. The lowest BCUT2D eigenvalue weighted by Crippen LogP contribution is -1.98. The zero-order chi connectivity index (χ0) is 11.7. The van der Waals surface area contributed by atoms with Gasteiger partial charge >= 0.3 is 0 Å². The second-order valence-corrected chi connectivity index (χ2v) is 3.47. The van der Waals surface area contributed by atoms with Gasteiger partial charge in [-0.05, 0) is 24.6 Å². The molecule has 0 bridgehead atoms. The Balaban J connectivity index is 2.60. The highest BCUT2D eigenvalue weighted by molar-refractivity contribution is 5.62. The SMILES string of the molecule is Cc1cc(F)c(-c2oncc2CN)cc1F. The van der Waals surface area contributed by atoms with Crippen molar-refractivity contribution in [2.24, 2.45) is 5.73 Å². The van der Waals surface area contributed by atoms with Crippen molar-refractivity contribution < 1.29 is 13.3 Å². The topological polar surface area (TPSA) is 52.0 Å². The molecule has 3 nitrogen and oxygen atoms in total. The highest BCUT2D eigenvalue weighted by Crippen LogP contribution is 2.28. The lowest BCUT2D eigenvalue weighted by atomic mass is 10.1. The Bertz CT molecular complexity index is 523. The fraction of sp³-hybridized carbons (Fsp3) is 0.182. The van der Waals surface area contributed by atoms with Crippen LogP contribution in [-0.2, 0) is 6.54 Å². The molecule has 0 saturated heterocycles. The van der Waals surface area contributed by atoms with Crippen LogP contribution in [0.4, 0.5) is 8.78 Å². The van der Waals surface area contributed by atoms with Gasteiger partial charge in [-0.1, -0.05) is 5.16 Å². The minimum absolute atomic E-state index is 0.0426. The van der Waals surface area contributed by atoms with Gasteiger partial charge in [0.1, 0.15) is 11.6 Å². The van der Waals surface area contributed by atoms with E-state index in [1.165, 1.54) is 13.1 Å². The van der Waals surface area contributed by atoms with Crippen LogP contribution in [0.5, 0.6) is 0 Å². The second-order valence-electron chi connectivity index (χ2n) is 3.47. The fourth-order valence-corrected chi connectivity index (χ4v) is 1.45. The third-order valence-corrected chi connectivity index (χ3v) is 2.36. The zero-order valence-corrected chi connectivity index (χ0v) is 8.63. The van der Waals surface area contributed by atoms with Gasteiger partial charge in [-0.25, -0.2) is 8.78 Å². The predicted octanol–water partition coefficient (Wildman–Crippen LogP) is 2.39. The molecule has 1 aromatic carbocycles. The van der Waals surface area contributed by atoms with Crippen molar-refractivity contribution in [1.82, 2.24) is 5.16 Å². The lowest BCUT2D eigenvalue weighted by Gasteiger charge is -2.03. The van der Waals surface area contributed by atoms with Crippen molar-refractivity contribution in [2.75, 3.05) is 0 Å². The Morgan fingerprint density at radius 3 is 2.75 bits per heavy atom. The summed E-state index contributed by atoms with van der Waals surface area (Å²) < 4.78 is 31.8. The summed E-state index contributed by atoms with van der Waals surface area (Å²) in [5.74, 6) is -0.861. The Morgan fingerprint density at radius 1 is 1.31 bits per heavy atom. The van der Waals surface area contributed by atoms with Crippen LogP contribution >= 0.6 is 0 Å². The third-order valence-electron chi connectivity index (χ3n) is 2.36. The Morgan fingerprint density at radius 2 is 2.06 bits per heavy atom. The average molecular weight is 224 g/mol. The smallest absolute Gasteiger partial charge is 0.174 e. The van der Waals surface area contributed by atoms with Crippen LogP contribution in [0.3, 0.4) is 0 Å². The van der Waals surface area contributed by atoms with Crippen LogP contribution in [0.25, 0.3) is 11.3 Å². The normalized spacial score (nSPS) is 10.8. The Hall–Kier alpha value is -1.75. The molecule has 1 heterocycles. The molecule has 2 rings (SSSR count). The van der Waals surface area contributed by atoms with Crippen molar-refractivity contribution in [1.29, 1.82) is 0 Å². The fourth-order valence-electron chi connectivity index (χ4n) is 1.45. The predicted molar refractivity (Wildman–Crippen MR) is 54.5 cm³/mol. The van der Waals surface area contributed by atoms with E-state index in [2.05, 4.69) is 5.16 Å². The van der Waals surface area contributed by atoms with E-state index >= 15 is 0 Å². The van der Waals surface area contributed by atoms with Crippen molar-refractivity contribution >= 4 is 0 Å². The van der Waals surface area contributed by atoms with E-state index in [0.29, 0.717) is 5.56 Å². The molecule has 2 N–H and O–H groups in total. The summed E-state index contributed by atoms with van der Waals surface area (Å²) in [6.45, 7) is 1.65. The quantitative estimate of drug-likeness (QED) is 0.852. The van der Waals surface area contributed by atoms with Crippen molar-refractivity contribution in [3.63, 3.8) is 0 Å². The van der Waals surface area contributed by atoms with E-state index in [-0.39, 0.29) is 23.4 Å². The van der Waals surface area contributed by atoms with Gasteiger partial charge < -0.3 is 10.3 Å². The molecule has 0 atom stereocenters. The molecular weight excluding hydrogens is 214 g/mol. The van der Waals surface area contributed by atoms with Crippen LogP contribution < -0.4 is 5.73 Å². The lowest BCUT2D eigenvalue weighted by molar-refractivity contribution is 0.428. The first-order valence-electron chi connectivity index (χ1n) is 4.73. The molecule has 0 unspecified atom stereocenters. The molecule has 84 valence electrons. The summed E-state index contributed by atoms with van der Waals surface area (Å²) in [5.41, 5.74) is 6.27. The number of nitrogens with two attached hydrogens (primary N) is 1. The molecule has 0 radical (unpaired) electrons. The zero-order valence-electron chi connectivity index (χ0n) is 8.63. The minimum Gasteiger partial charge on any atom is -0.356 e. The molecule has 0 fully saturated rings. The first kappa shape index (κ1) is 10.8. The molecule has 5 heteroatoms. The van der Waals surface area contributed by atoms with E-state index in [1.807, 2.05) is 0 Å². The standard InChI is InChI=1S/C11H10F2N2O/c1-6-2-10(13)8(3-9(6)12)11-7(4-14)5-15-16-11/h2-3,5H,4,14H2,1H3. The van der Waals surface area contributed by atoms with E-state index in [9.17, 15) is 8.78 Å². The summed E-state index contributed by atoms with van der Waals surface area (Å²) in [5, 5.41) is 3.52. The summed E-state index contributed by atoms with van der Waals surface area (Å²) >= 11 is 0. The van der Waals surface area contributed by atoms with Crippen LogP contribution in [0.1, 0.15) is 11.1 Å². The number of aromatic nitrogens is 1. The molecule has 0 saturated carbocycles. The summed E-state index contributed by atoms with van der Waals surface area (Å²) in [7, 11) is 0. The van der Waals surface area contributed by atoms with Gasteiger partial charge in [0, 0.05) is 12.1 Å². The summed E-state index contributed by atoms with van der Waals surface area (Å²) in [6, 6.07) is 2.21. The highest BCUT2D eigenvalue weighted by atomic mass is 19.1. The van der Waals surface area contributed by atoms with Crippen LogP contribution in [0.2, 0.25) is 0 Å². The van der Waals surface area contributed by atoms with Gasteiger partial charge in [0.2, 0.25) is 0 Å².